The first kappa shape index (κ1) is 14.0. The zero-order valence-corrected chi connectivity index (χ0v) is 10.9. The molecule has 2 aromatic rings. The van der Waals surface area contributed by atoms with Crippen molar-refractivity contribution in [2.24, 2.45) is 0 Å². The van der Waals surface area contributed by atoms with Gasteiger partial charge in [0.2, 0.25) is 0 Å². The molecule has 0 aromatic heterocycles. The first-order chi connectivity index (χ1) is 8.86. The number of para-hydroxylation sites is 1. The lowest BCUT2D eigenvalue weighted by Crippen LogP contribution is -2.06. The van der Waals surface area contributed by atoms with Gasteiger partial charge in [-0.3, -0.25) is 0 Å². The fraction of sp³-hybridized carbons (Fsp3) is 0.0769. The lowest BCUT2D eigenvalue weighted by molar-refractivity contribution is -0.138. The van der Waals surface area contributed by atoms with Gasteiger partial charge in [0.25, 0.3) is 0 Å². The Balaban J connectivity index is 2.38. The molecule has 2 rings (SSSR count). The van der Waals surface area contributed by atoms with E-state index in [0.29, 0.717) is 0 Å². The summed E-state index contributed by atoms with van der Waals surface area (Å²) in [5.74, 6) is -0.150. The van der Waals surface area contributed by atoms with E-state index in [-0.39, 0.29) is 21.5 Å². The minimum atomic E-state index is -4.49. The molecular formula is C13H7Cl2F3O. The quantitative estimate of drug-likeness (QED) is 0.681. The second-order valence-electron chi connectivity index (χ2n) is 3.70. The van der Waals surface area contributed by atoms with Crippen molar-refractivity contribution < 1.29 is 17.9 Å². The highest BCUT2D eigenvalue weighted by molar-refractivity contribution is 6.34. The summed E-state index contributed by atoms with van der Waals surface area (Å²) in [5, 5.41) is 0.568. The summed E-state index contributed by atoms with van der Waals surface area (Å²) in [6, 6.07) is 9.17. The number of hydrogen-bond donors (Lipinski definition) is 0. The summed E-state index contributed by atoms with van der Waals surface area (Å²) in [6.07, 6.45) is -4.49. The van der Waals surface area contributed by atoms with Crippen LogP contribution < -0.4 is 4.74 Å². The Hall–Kier alpha value is -1.39. The van der Waals surface area contributed by atoms with Gasteiger partial charge in [-0.15, -0.1) is 0 Å². The minimum Gasteiger partial charge on any atom is -0.457 e. The van der Waals surface area contributed by atoms with E-state index in [9.17, 15) is 13.2 Å². The summed E-state index contributed by atoms with van der Waals surface area (Å²) in [4.78, 5) is 0. The van der Waals surface area contributed by atoms with Crippen LogP contribution in [0.15, 0.2) is 42.5 Å². The van der Waals surface area contributed by atoms with Gasteiger partial charge in [0.1, 0.15) is 11.5 Å². The van der Waals surface area contributed by atoms with Gasteiger partial charge in [0.15, 0.2) is 0 Å². The zero-order valence-electron chi connectivity index (χ0n) is 9.34. The number of alkyl halides is 3. The normalized spacial score (nSPS) is 11.4. The molecule has 0 heterocycles. The number of hydrogen-bond acceptors (Lipinski definition) is 1. The van der Waals surface area contributed by atoms with Gasteiger partial charge in [0, 0.05) is 10.0 Å². The molecule has 100 valence electrons. The molecule has 0 N–H and O–H groups in total. The number of ether oxygens (including phenoxy) is 1. The van der Waals surface area contributed by atoms with Crippen LogP contribution in [0.25, 0.3) is 0 Å². The van der Waals surface area contributed by atoms with Crippen molar-refractivity contribution in [2.75, 3.05) is 0 Å². The molecule has 1 nitrogen and oxygen atoms in total. The molecule has 0 fully saturated rings. The van der Waals surface area contributed by atoms with Crippen molar-refractivity contribution in [3.63, 3.8) is 0 Å². The zero-order chi connectivity index (χ0) is 14.0. The Bertz CT molecular complexity index is 576. The summed E-state index contributed by atoms with van der Waals surface area (Å²) in [7, 11) is 0. The first-order valence-corrected chi connectivity index (χ1v) is 5.92. The van der Waals surface area contributed by atoms with Crippen molar-refractivity contribution >= 4 is 23.2 Å². The number of benzene rings is 2. The van der Waals surface area contributed by atoms with E-state index >= 15 is 0 Å². The van der Waals surface area contributed by atoms with E-state index in [2.05, 4.69) is 0 Å². The fourth-order valence-corrected chi connectivity index (χ4v) is 2.01. The SMILES string of the molecule is FC(F)(F)c1ccccc1Oc1cc(Cl)cc(Cl)c1. The number of rotatable bonds is 2. The average molecular weight is 307 g/mol. The van der Waals surface area contributed by atoms with Crippen LogP contribution in [0.1, 0.15) is 5.56 Å². The lowest BCUT2D eigenvalue weighted by atomic mass is 10.2. The maximum absolute atomic E-state index is 12.8. The maximum Gasteiger partial charge on any atom is 0.419 e. The molecule has 0 spiro atoms. The molecule has 2 aromatic carbocycles. The van der Waals surface area contributed by atoms with Crippen LogP contribution in [-0.2, 0) is 6.18 Å². The van der Waals surface area contributed by atoms with Crippen molar-refractivity contribution in [3.05, 3.63) is 58.1 Å². The molecule has 0 saturated heterocycles. The standard InChI is InChI=1S/C13H7Cl2F3O/c14-8-5-9(15)7-10(6-8)19-12-4-2-1-3-11(12)13(16,17)18/h1-7H. The monoisotopic (exact) mass is 306 g/mol. The van der Waals surface area contributed by atoms with Crippen molar-refractivity contribution in [1.29, 1.82) is 0 Å². The van der Waals surface area contributed by atoms with E-state index in [1.54, 1.807) is 0 Å². The van der Waals surface area contributed by atoms with Gasteiger partial charge < -0.3 is 4.74 Å². The van der Waals surface area contributed by atoms with E-state index in [0.717, 1.165) is 6.07 Å². The Morgan fingerprint density at radius 2 is 1.47 bits per heavy atom. The topological polar surface area (TPSA) is 9.23 Å². The third-order valence-corrected chi connectivity index (χ3v) is 2.69. The van der Waals surface area contributed by atoms with Crippen LogP contribution in [0, 0.1) is 0 Å². The predicted molar refractivity (Wildman–Crippen MR) is 68.0 cm³/mol. The van der Waals surface area contributed by atoms with Gasteiger partial charge in [-0.05, 0) is 30.3 Å². The van der Waals surface area contributed by atoms with Crippen LogP contribution in [0.3, 0.4) is 0 Å². The largest absolute Gasteiger partial charge is 0.457 e. The van der Waals surface area contributed by atoms with Crippen LogP contribution >= 0.6 is 23.2 Å². The van der Waals surface area contributed by atoms with Gasteiger partial charge in [-0.25, -0.2) is 0 Å². The van der Waals surface area contributed by atoms with Crippen molar-refractivity contribution in [1.82, 2.24) is 0 Å². The Kier molecular flexibility index (Phi) is 3.92. The molecule has 0 unspecified atom stereocenters. The van der Waals surface area contributed by atoms with E-state index in [1.807, 2.05) is 0 Å². The summed E-state index contributed by atoms with van der Waals surface area (Å²) < 4.78 is 43.5. The maximum atomic E-state index is 12.8. The first-order valence-electron chi connectivity index (χ1n) is 5.16. The third kappa shape index (κ3) is 3.55. The Morgan fingerprint density at radius 1 is 0.895 bits per heavy atom. The second-order valence-corrected chi connectivity index (χ2v) is 4.57. The summed E-state index contributed by atoms with van der Waals surface area (Å²) in [5.41, 5.74) is -0.855. The average Bonchev–Trinajstić information content (AvgIpc) is 2.26. The minimum absolute atomic E-state index is 0.147. The molecule has 0 aliphatic heterocycles. The van der Waals surface area contributed by atoms with Gasteiger partial charge in [0.05, 0.1) is 5.56 Å². The molecule has 6 heteroatoms. The van der Waals surface area contributed by atoms with Gasteiger partial charge in [-0.1, -0.05) is 35.3 Å². The van der Waals surface area contributed by atoms with Crippen molar-refractivity contribution in [3.8, 4) is 11.5 Å². The fourth-order valence-electron chi connectivity index (χ4n) is 1.50. The highest BCUT2D eigenvalue weighted by Gasteiger charge is 2.34. The summed E-state index contributed by atoms with van der Waals surface area (Å²) in [6.45, 7) is 0. The highest BCUT2D eigenvalue weighted by Crippen LogP contribution is 2.38. The molecule has 0 radical (unpaired) electrons. The molecule has 0 bridgehead atoms. The van der Waals surface area contributed by atoms with Crippen LogP contribution in [0.4, 0.5) is 13.2 Å². The molecule has 19 heavy (non-hydrogen) atoms. The van der Waals surface area contributed by atoms with Gasteiger partial charge >= 0.3 is 6.18 Å². The van der Waals surface area contributed by atoms with Gasteiger partial charge in [-0.2, -0.15) is 13.2 Å². The lowest BCUT2D eigenvalue weighted by Gasteiger charge is -2.13. The predicted octanol–water partition coefficient (Wildman–Crippen LogP) is 5.80. The smallest absolute Gasteiger partial charge is 0.419 e. The second kappa shape index (κ2) is 5.31. The molecule has 0 aliphatic carbocycles. The van der Waals surface area contributed by atoms with Crippen LogP contribution in [0.2, 0.25) is 10.0 Å². The van der Waals surface area contributed by atoms with E-state index in [1.165, 1.54) is 36.4 Å². The Morgan fingerprint density at radius 3 is 2.05 bits per heavy atom. The third-order valence-electron chi connectivity index (χ3n) is 2.26. The molecular weight excluding hydrogens is 300 g/mol. The van der Waals surface area contributed by atoms with E-state index in [4.69, 9.17) is 27.9 Å². The molecule has 0 amide bonds. The highest BCUT2D eigenvalue weighted by atomic mass is 35.5. The summed E-state index contributed by atoms with van der Waals surface area (Å²) >= 11 is 11.5. The van der Waals surface area contributed by atoms with Crippen molar-refractivity contribution in [2.45, 2.75) is 6.18 Å². The molecule has 0 atom stereocenters. The molecule has 0 aliphatic rings. The Labute approximate surface area is 117 Å². The van der Waals surface area contributed by atoms with Crippen LogP contribution in [0.5, 0.6) is 11.5 Å². The van der Waals surface area contributed by atoms with E-state index < -0.39 is 11.7 Å². The number of halogens is 5. The molecule has 0 saturated carbocycles. The van der Waals surface area contributed by atoms with Crippen LogP contribution in [-0.4, -0.2) is 0 Å².